The van der Waals surface area contributed by atoms with Crippen LogP contribution >= 0.6 is 0 Å². The van der Waals surface area contributed by atoms with Gasteiger partial charge in [-0.15, -0.1) is 0 Å². The Balaban J connectivity index is 2.47. The average Bonchev–Trinajstić information content (AvgIpc) is 2.35. The summed E-state index contributed by atoms with van der Waals surface area (Å²) in [6.45, 7) is 3.65. The van der Waals surface area contributed by atoms with E-state index >= 15 is 0 Å². The molecular weight excluding hydrogens is 224 g/mol. The number of fused-ring (bicyclic) bond motifs is 1. The number of rotatable bonds is 0. The minimum absolute atomic E-state index is 0.672. The number of hydrogen-bond donors (Lipinski definition) is 2. The molecule has 2 nitrogen and oxygen atoms in total. The predicted molar refractivity (Wildman–Crippen MR) is 71.4 cm³/mol. The molecule has 0 saturated carbocycles. The van der Waals surface area contributed by atoms with E-state index < -0.39 is 17.6 Å². The fraction of sp³-hybridized carbons (Fsp3) is 0.500. The molecule has 0 aromatic heterocycles. The maximum atomic E-state index is 10.0. The molecule has 0 saturated heterocycles. The molecule has 2 aliphatic rings. The lowest BCUT2D eigenvalue weighted by molar-refractivity contribution is -0.00138. The maximum absolute atomic E-state index is 10.0. The summed E-state index contributed by atoms with van der Waals surface area (Å²) in [5.41, 5.74) is 1.49. The van der Waals surface area contributed by atoms with Crippen molar-refractivity contribution in [3.05, 3.63) is 23.3 Å². The highest BCUT2D eigenvalue weighted by Crippen LogP contribution is 2.26. The number of aliphatic hydroxyl groups excluding tert-OH is 2. The second kappa shape index (κ2) is 5.02. The normalized spacial score (nSPS) is 32.4. The van der Waals surface area contributed by atoms with Crippen molar-refractivity contribution in [1.29, 1.82) is 0 Å². The molecule has 0 fully saturated rings. The first-order chi connectivity index (χ1) is 8.50. The first kappa shape index (κ1) is 13.0. The van der Waals surface area contributed by atoms with Gasteiger partial charge in [-0.1, -0.05) is 29.8 Å². The molecule has 2 N–H and O–H groups in total. The van der Waals surface area contributed by atoms with Crippen LogP contribution in [-0.4, -0.2) is 22.4 Å². The predicted octanol–water partition coefficient (Wildman–Crippen LogP) is 1.79. The molecule has 0 heterocycles. The minimum Gasteiger partial charge on any atom is -0.388 e. The Bertz CT molecular complexity index is 515. The van der Waals surface area contributed by atoms with E-state index in [2.05, 4.69) is 29.8 Å². The van der Waals surface area contributed by atoms with Crippen molar-refractivity contribution in [3.63, 3.8) is 0 Å². The molecule has 18 heavy (non-hydrogen) atoms. The third kappa shape index (κ3) is 2.67. The Labute approximate surface area is 108 Å². The minimum atomic E-state index is -1.06. The summed E-state index contributed by atoms with van der Waals surface area (Å²) in [7, 11) is 0. The Hall–Kier alpha value is -1.48. The van der Waals surface area contributed by atoms with E-state index in [-0.39, 0.29) is 0 Å². The van der Waals surface area contributed by atoms with Crippen LogP contribution in [0.3, 0.4) is 0 Å². The molecule has 0 aromatic carbocycles. The van der Waals surface area contributed by atoms with E-state index in [1.165, 1.54) is 0 Å². The lowest BCUT2D eigenvalue weighted by Crippen LogP contribution is -2.38. The van der Waals surface area contributed by atoms with E-state index in [0.717, 1.165) is 30.4 Å². The highest BCUT2D eigenvalue weighted by molar-refractivity contribution is 5.50. The van der Waals surface area contributed by atoms with Crippen molar-refractivity contribution in [3.8, 4) is 23.7 Å². The zero-order chi connectivity index (χ0) is 13.2. The van der Waals surface area contributed by atoms with E-state index in [4.69, 9.17) is 0 Å². The van der Waals surface area contributed by atoms with Crippen molar-refractivity contribution >= 4 is 0 Å². The monoisotopic (exact) mass is 242 g/mol. The number of hydrogen-bond acceptors (Lipinski definition) is 2. The number of allylic oxidation sites excluding steroid dienone is 4. The van der Waals surface area contributed by atoms with Crippen LogP contribution in [0.2, 0.25) is 0 Å². The lowest BCUT2D eigenvalue weighted by atomic mass is 9.83. The van der Waals surface area contributed by atoms with Gasteiger partial charge in [0.1, 0.15) is 12.2 Å². The van der Waals surface area contributed by atoms with Gasteiger partial charge in [0.05, 0.1) is 5.41 Å². The zero-order valence-electron chi connectivity index (χ0n) is 10.8. The summed E-state index contributed by atoms with van der Waals surface area (Å²) < 4.78 is 0. The summed E-state index contributed by atoms with van der Waals surface area (Å²) in [6, 6.07) is 0. The SMILES string of the molecule is CC1(C)C#CC2=CCCC/C2=C/C#CC(O)C1O. The molecule has 94 valence electrons. The third-order valence-corrected chi connectivity index (χ3v) is 3.38. The molecule has 0 aromatic rings. The molecular formula is C16H18O2. The van der Waals surface area contributed by atoms with Crippen LogP contribution in [0, 0.1) is 29.1 Å². The van der Waals surface area contributed by atoms with Crippen molar-refractivity contribution in [1.82, 2.24) is 0 Å². The Kier molecular flexibility index (Phi) is 3.62. The Morgan fingerprint density at radius 3 is 2.89 bits per heavy atom. The molecule has 0 aliphatic heterocycles. The zero-order valence-corrected chi connectivity index (χ0v) is 10.8. The molecule has 0 amide bonds. The van der Waals surface area contributed by atoms with Crippen LogP contribution in [0.1, 0.15) is 33.1 Å². The molecule has 0 radical (unpaired) electrons. The van der Waals surface area contributed by atoms with Gasteiger partial charge < -0.3 is 10.2 Å². The molecule has 2 aliphatic carbocycles. The second-order valence-electron chi connectivity index (χ2n) is 5.33. The van der Waals surface area contributed by atoms with Gasteiger partial charge in [-0.2, -0.15) is 0 Å². The van der Waals surface area contributed by atoms with Crippen LogP contribution < -0.4 is 0 Å². The Morgan fingerprint density at radius 2 is 2.11 bits per heavy atom. The van der Waals surface area contributed by atoms with E-state index in [0.29, 0.717) is 0 Å². The van der Waals surface area contributed by atoms with Crippen LogP contribution in [-0.2, 0) is 0 Å². The van der Waals surface area contributed by atoms with Crippen LogP contribution in [0.15, 0.2) is 23.3 Å². The first-order valence-electron chi connectivity index (χ1n) is 6.30. The van der Waals surface area contributed by atoms with Gasteiger partial charge in [0.2, 0.25) is 0 Å². The van der Waals surface area contributed by atoms with Crippen molar-refractivity contribution in [2.45, 2.75) is 45.3 Å². The van der Waals surface area contributed by atoms with E-state index in [9.17, 15) is 10.2 Å². The van der Waals surface area contributed by atoms with Gasteiger partial charge in [-0.05, 0) is 44.8 Å². The van der Waals surface area contributed by atoms with Crippen molar-refractivity contribution < 1.29 is 10.2 Å². The Morgan fingerprint density at radius 1 is 1.33 bits per heavy atom. The smallest absolute Gasteiger partial charge is 0.142 e. The van der Waals surface area contributed by atoms with Crippen LogP contribution in [0.4, 0.5) is 0 Å². The molecule has 2 unspecified atom stereocenters. The summed E-state index contributed by atoms with van der Waals surface area (Å²) in [4.78, 5) is 0. The van der Waals surface area contributed by atoms with Crippen LogP contribution in [0.25, 0.3) is 0 Å². The van der Waals surface area contributed by atoms with Gasteiger partial charge in [0, 0.05) is 5.57 Å². The van der Waals surface area contributed by atoms with Crippen molar-refractivity contribution in [2.75, 3.05) is 0 Å². The summed E-state index contributed by atoms with van der Waals surface area (Å²) in [6.07, 6.45) is 5.07. The molecule has 0 spiro atoms. The van der Waals surface area contributed by atoms with Crippen molar-refractivity contribution in [2.24, 2.45) is 5.41 Å². The topological polar surface area (TPSA) is 40.5 Å². The van der Waals surface area contributed by atoms with E-state index in [1.807, 2.05) is 19.9 Å². The quantitative estimate of drug-likeness (QED) is 0.636. The largest absolute Gasteiger partial charge is 0.388 e. The molecule has 2 atom stereocenters. The van der Waals surface area contributed by atoms with Gasteiger partial charge in [0.25, 0.3) is 0 Å². The summed E-state index contributed by atoms with van der Waals surface area (Å²) >= 11 is 0. The summed E-state index contributed by atoms with van der Waals surface area (Å²) in [5.74, 6) is 11.7. The number of aliphatic hydroxyl groups is 2. The summed E-state index contributed by atoms with van der Waals surface area (Å²) in [5, 5.41) is 19.8. The van der Waals surface area contributed by atoms with Gasteiger partial charge >= 0.3 is 0 Å². The highest BCUT2D eigenvalue weighted by Gasteiger charge is 2.31. The fourth-order valence-corrected chi connectivity index (χ4v) is 2.08. The molecule has 2 heteroatoms. The van der Waals surface area contributed by atoms with Gasteiger partial charge in [-0.25, -0.2) is 0 Å². The first-order valence-corrected chi connectivity index (χ1v) is 6.30. The standard InChI is InChI=1S/C16H18O2/c1-16(2)11-10-13-7-4-3-6-12(13)8-5-9-14(17)15(16)18/h7-8,14-15,17-18H,3-4,6H2,1-2H3/b12-8-. The fourth-order valence-electron chi connectivity index (χ4n) is 2.08. The van der Waals surface area contributed by atoms with E-state index in [1.54, 1.807) is 0 Å². The molecule has 2 rings (SSSR count). The van der Waals surface area contributed by atoms with Gasteiger partial charge in [0.15, 0.2) is 0 Å². The third-order valence-electron chi connectivity index (χ3n) is 3.38. The molecule has 0 bridgehead atoms. The van der Waals surface area contributed by atoms with Gasteiger partial charge in [-0.3, -0.25) is 0 Å². The average molecular weight is 242 g/mol. The lowest BCUT2D eigenvalue weighted by Gasteiger charge is -2.27. The highest BCUT2D eigenvalue weighted by atomic mass is 16.3. The van der Waals surface area contributed by atoms with Crippen LogP contribution in [0.5, 0.6) is 0 Å². The second-order valence-corrected chi connectivity index (χ2v) is 5.33. The maximum Gasteiger partial charge on any atom is 0.142 e.